The predicted molar refractivity (Wildman–Crippen MR) is 90.2 cm³/mol. The van der Waals surface area contributed by atoms with Crippen LogP contribution in [0.25, 0.3) is 0 Å². The second kappa shape index (κ2) is 8.58. The molecule has 1 atom stereocenters. The molecule has 0 aliphatic heterocycles. The van der Waals surface area contributed by atoms with Gasteiger partial charge in [-0.1, -0.05) is 95.3 Å². The van der Waals surface area contributed by atoms with Crippen molar-refractivity contribution in [2.24, 2.45) is 5.92 Å². The molecule has 0 fully saturated rings. The maximum absolute atomic E-state index is 2.28. The SMILES string of the molecule is CC(C)C(C)c1ccccc1.CC(C)c1ccccc1. The molecular weight excluding hydrogens is 240 g/mol. The molecule has 108 valence electrons. The van der Waals surface area contributed by atoms with Crippen molar-refractivity contribution in [2.75, 3.05) is 0 Å². The Bertz CT molecular complexity index is 454. The van der Waals surface area contributed by atoms with E-state index in [1.807, 2.05) is 6.07 Å². The molecule has 1 unspecified atom stereocenters. The minimum Gasteiger partial charge on any atom is -0.0622 e. The standard InChI is InChI=1S/C11H16.C9H12/c1-9(2)10(3)11-7-5-4-6-8-11;1-8(2)9-6-4-3-5-7-9/h4-10H,1-3H3;3-8H,1-2H3. The van der Waals surface area contributed by atoms with Gasteiger partial charge in [-0.25, -0.2) is 0 Å². The lowest BCUT2D eigenvalue weighted by Gasteiger charge is -2.15. The van der Waals surface area contributed by atoms with Crippen LogP contribution < -0.4 is 0 Å². The van der Waals surface area contributed by atoms with Gasteiger partial charge in [0.05, 0.1) is 0 Å². The Labute approximate surface area is 124 Å². The van der Waals surface area contributed by atoms with Gasteiger partial charge in [0.1, 0.15) is 0 Å². The molecule has 0 heteroatoms. The summed E-state index contributed by atoms with van der Waals surface area (Å²) in [5.41, 5.74) is 2.86. The third-order valence-corrected chi connectivity index (χ3v) is 3.79. The van der Waals surface area contributed by atoms with E-state index in [-0.39, 0.29) is 0 Å². The Morgan fingerprint density at radius 1 is 0.550 bits per heavy atom. The van der Waals surface area contributed by atoms with Crippen LogP contribution in [0.4, 0.5) is 0 Å². The molecule has 0 spiro atoms. The van der Waals surface area contributed by atoms with Crippen LogP contribution >= 0.6 is 0 Å². The summed E-state index contributed by atoms with van der Waals surface area (Å²) in [5, 5.41) is 0. The average molecular weight is 268 g/mol. The Hall–Kier alpha value is -1.56. The molecule has 0 nitrogen and oxygen atoms in total. The molecule has 0 N–H and O–H groups in total. The van der Waals surface area contributed by atoms with Gasteiger partial charge in [-0.05, 0) is 28.9 Å². The zero-order valence-electron chi connectivity index (χ0n) is 13.5. The van der Waals surface area contributed by atoms with Crippen molar-refractivity contribution < 1.29 is 0 Å². The van der Waals surface area contributed by atoms with Crippen LogP contribution in [-0.4, -0.2) is 0 Å². The van der Waals surface area contributed by atoms with Gasteiger partial charge in [0.25, 0.3) is 0 Å². The monoisotopic (exact) mass is 268 g/mol. The van der Waals surface area contributed by atoms with Gasteiger partial charge in [0.2, 0.25) is 0 Å². The first-order chi connectivity index (χ1) is 9.52. The molecule has 2 rings (SSSR count). The summed E-state index contributed by atoms with van der Waals surface area (Å²) in [5.74, 6) is 2.07. The van der Waals surface area contributed by atoms with Crippen LogP contribution in [0.5, 0.6) is 0 Å². The van der Waals surface area contributed by atoms with E-state index < -0.39 is 0 Å². The maximum atomic E-state index is 2.28. The molecule has 20 heavy (non-hydrogen) atoms. The van der Waals surface area contributed by atoms with E-state index in [4.69, 9.17) is 0 Å². The number of hydrogen-bond donors (Lipinski definition) is 0. The van der Waals surface area contributed by atoms with E-state index in [9.17, 15) is 0 Å². The van der Waals surface area contributed by atoms with Crippen molar-refractivity contribution in [3.8, 4) is 0 Å². The molecule has 2 aromatic rings. The summed E-state index contributed by atoms with van der Waals surface area (Å²) < 4.78 is 0. The molecule has 0 bridgehead atoms. The molecule has 2 aromatic carbocycles. The van der Waals surface area contributed by atoms with Crippen molar-refractivity contribution in [2.45, 2.75) is 46.5 Å². The topological polar surface area (TPSA) is 0 Å². The van der Waals surface area contributed by atoms with Crippen LogP contribution in [0.2, 0.25) is 0 Å². The van der Waals surface area contributed by atoms with Crippen molar-refractivity contribution in [3.05, 3.63) is 71.8 Å². The lowest BCUT2D eigenvalue weighted by atomic mass is 9.91. The fourth-order valence-corrected chi connectivity index (χ4v) is 1.98. The summed E-state index contributed by atoms with van der Waals surface area (Å²) in [4.78, 5) is 0. The molecule has 0 saturated heterocycles. The highest BCUT2D eigenvalue weighted by atomic mass is 14.1. The van der Waals surface area contributed by atoms with Gasteiger partial charge in [0.15, 0.2) is 0 Å². The molecule has 0 aliphatic rings. The smallest absolute Gasteiger partial charge is 0.0167 e. The summed E-state index contributed by atoms with van der Waals surface area (Å²) in [7, 11) is 0. The molecular formula is C20H28. The second-order valence-corrected chi connectivity index (χ2v) is 6.01. The summed E-state index contributed by atoms with van der Waals surface area (Å²) in [6.07, 6.45) is 0. The van der Waals surface area contributed by atoms with E-state index in [0.29, 0.717) is 11.8 Å². The Morgan fingerprint density at radius 2 is 0.950 bits per heavy atom. The van der Waals surface area contributed by atoms with Crippen LogP contribution in [0.3, 0.4) is 0 Å². The van der Waals surface area contributed by atoms with Gasteiger partial charge < -0.3 is 0 Å². The molecule has 0 aliphatic carbocycles. The van der Waals surface area contributed by atoms with Gasteiger partial charge in [-0.15, -0.1) is 0 Å². The molecule has 0 aromatic heterocycles. The zero-order valence-corrected chi connectivity index (χ0v) is 13.5. The zero-order chi connectivity index (χ0) is 15.0. The molecule has 0 heterocycles. The Morgan fingerprint density at radius 3 is 1.25 bits per heavy atom. The van der Waals surface area contributed by atoms with Crippen molar-refractivity contribution in [1.82, 2.24) is 0 Å². The van der Waals surface area contributed by atoms with Crippen LogP contribution in [-0.2, 0) is 0 Å². The van der Waals surface area contributed by atoms with E-state index >= 15 is 0 Å². The molecule has 0 amide bonds. The summed E-state index contributed by atoms with van der Waals surface area (Å²) in [6.45, 7) is 11.2. The van der Waals surface area contributed by atoms with E-state index in [0.717, 1.165) is 5.92 Å². The average Bonchev–Trinajstić information content (AvgIpc) is 2.49. The Balaban J connectivity index is 0.000000204. The fraction of sp³-hybridized carbons (Fsp3) is 0.400. The second-order valence-electron chi connectivity index (χ2n) is 6.01. The molecule has 0 saturated carbocycles. The third kappa shape index (κ3) is 5.61. The van der Waals surface area contributed by atoms with Crippen molar-refractivity contribution in [1.29, 1.82) is 0 Å². The van der Waals surface area contributed by atoms with Gasteiger partial charge in [-0.3, -0.25) is 0 Å². The quantitative estimate of drug-likeness (QED) is 0.616. The van der Waals surface area contributed by atoms with E-state index in [1.165, 1.54) is 11.1 Å². The first-order valence-corrected chi connectivity index (χ1v) is 7.62. The lowest BCUT2D eigenvalue weighted by Crippen LogP contribution is -2.00. The first-order valence-electron chi connectivity index (χ1n) is 7.62. The largest absolute Gasteiger partial charge is 0.0622 e. The predicted octanol–water partition coefficient (Wildman–Crippen LogP) is 6.26. The highest BCUT2D eigenvalue weighted by Gasteiger charge is 2.07. The highest BCUT2D eigenvalue weighted by Crippen LogP contribution is 2.22. The minimum absolute atomic E-state index is 0.659. The van der Waals surface area contributed by atoms with E-state index in [1.54, 1.807) is 0 Å². The number of benzene rings is 2. The summed E-state index contributed by atoms with van der Waals surface area (Å²) in [6, 6.07) is 21.2. The number of hydrogen-bond acceptors (Lipinski definition) is 0. The minimum atomic E-state index is 0.659. The van der Waals surface area contributed by atoms with Crippen LogP contribution in [0.15, 0.2) is 60.7 Å². The van der Waals surface area contributed by atoms with Gasteiger partial charge in [0, 0.05) is 0 Å². The highest BCUT2D eigenvalue weighted by molar-refractivity contribution is 5.19. The van der Waals surface area contributed by atoms with Gasteiger partial charge >= 0.3 is 0 Å². The lowest BCUT2D eigenvalue weighted by molar-refractivity contribution is 0.535. The fourth-order valence-electron chi connectivity index (χ4n) is 1.98. The van der Waals surface area contributed by atoms with Gasteiger partial charge in [-0.2, -0.15) is 0 Å². The maximum Gasteiger partial charge on any atom is -0.0167 e. The molecule has 0 radical (unpaired) electrons. The third-order valence-electron chi connectivity index (χ3n) is 3.79. The van der Waals surface area contributed by atoms with Crippen LogP contribution in [0, 0.1) is 5.92 Å². The van der Waals surface area contributed by atoms with E-state index in [2.05, 4.69) is 89.2 Å². The van der Waals surface area contributed by atoms with Crippen molar-refractivity contribution >= 4 is 0 Å². The Kier molecular flexibility index (Phi) is 7.08. The normalized spacial score (nSPS) is 11.9. The van der Waals surface area contributed by atoms with Crippen molar-refractivity contribution in [3.63, 3.8) is 0 Å². The first kappa shape index (κ1) is 16.5. The number of rotatable bonds is 3. The van der Waals surface area contributed by atoms with Crippen LogP contribution in [0.1, 0.15) is 57.6 Å². The summed E-state index contributed by atoms with van der Waals surface area (Å²) >= 11 is 0.